The van der Waals surface area contributed by atoms with Gasteiger partial charge in [-0.25, -0.2) is 0 Å². The lowest BCUT2D eigenvalue weighted by Gasteiger charge is -2.43. The van der Waals surface area contributed by atoms with Crippen LogP contribution in [0, 0.1) is 0 Å². The zero-order chi connectivity index (χ0) is 37.0. The number of ether oxygens (including phenoxy) is 9. The number of benzene rings is 3. The Kier molecular flexibility index (Phi) is 22.4. The summed E-state index contributed by atoms with van der Waals surface area (Å²) in [5.41, 5.74) is 6.45. The predicted octanol–water partition coefficient (Wildman–Crippen LogP) is 4.36. The molecule has 3 aromatic rings. The molecule has 0 aliphatic rings. The van der Waals surface area contributed by atoms with Crippen LogP contribution in [-0.4, -0.2) is 127 Å². The monoisotopic (exact) mass is 743 g/mol. The first kappa shape index (κ1) is 43.5. The fourth-order valence-corrected chi connectivity index (χ4v) is 10.0. The summed E-state index contributed by atoms with van der Waals surface area (Å²) in [6.45, 7) is 15.8. The Hall–Kier alpha value is -2.88. The first-order valence-corrected chi connectivity index (χ1v) is 20.2. The Morgan fingerprint density at radius 3 is 1.06 bits per heavy atom. The highest BCUT2D eigenvalue weighted by Crippen LogP contribution is 2.36. The van der Waals surface area contributed by atoms with Crippen molar-refractivity contribution in [3.8, 4) is 5.75 Å². The zero-order valence-corrected chi connectivity index (χ0v) is 32.5. The molecular formula is C40H61NO10Si. The molecule has 52 heavy (non-hydrogen) atoms. The van der Waals surface area contributed by atoms with Gasteiger partial charge >= 0.3 is 0 Å². The van der Waals surface area contributed by atoms with E-state index in [1.807, 2.05) is 18.2 Å². The molecule has 11 nitrogen and oxygen atoms in total. The van der Waals surface area contributed by atoms with Crippen molar-refractivity contribution in [2.75, 3.05) is 125 Å². The van der Waals surface area contributed by atoms with E-state index in [0.717, 1.165) is 0 Å². The lowest BCUT2D eigenvalue weighted by atomic mass is 10.2. The highest BCUT2D eigenvalue weighted by molar-refractivity contribution is 6.99. The first-order valence-electron chi connectivity index (χ1n) is 18.3. The summed E-state index contributed by atoms with van der Waals surface area (Å²) in [6.07, 6.45) is 0. The van der Waals surface area contributed by atoms with Gasteiger partial charge in [0.15, 0.2) is 0 Å². The van der Waals surface area contributed by atoms with Crippen molar-refractivity contribution in [2.24, 2.45) is 0 Å². The normalized spacial score (nSPS) is 12.0. The Balaban J connectivity index is 1.05. The molecule has 3 aromatic carbocycles. The smallest absolute Gasteiger partial charge is 0.261 e. The standard InChI is InChI=1S/C40H61NO10Si/c1-40(2,3)52(36-12-6-4-7-13-36,37-14-8-5-9-15-37)51-35-33-49-31-29-47-27-25-45-23-21-43-19-18-42-20-22-44-24-26-46-28-30-48-32-34-50-39-17-11-10-16-38(39)41/h4-17H,18-35,41H2,1-3H3. The second-order valence-electron chi connectivity index (χ2n) is 12.8. The minimum Gasteiger partial charge on any atom is -0.489 e. The molecule has 0 aliphatic carbocycles. The molecule has 3 rings (SSSR count). The van der Waals surface area contributed by atoms with Crippen molar-refractivity contribution in [2.45, 2.75) is 25.8 Å². The van der Waals surface area contributed by atoms with E-state index in [1.54, 1.807) is 6.07 Å². The van der Waals surface area contributed by atoms with Gasteiger partial charge in [-0.15, -0.1) is 0 Å². The first-order chi connectivity index (χ1) is 25.4. The van der Waals surface area contributed by atoms with Gasteiger partial charge in [-0.05, 0) is 27.5 Å². The van der Waals surface area contributed by atoms with E-state index in [9.17, 15) is 0 Å². The van der Waals surface area contributed by atoms with Gasteiger partial charge in [0.1, 0.15) is 12.4 Å². The molecule has 0 aromatic heterocycles. The molecule has 0 spiro atoms. The highest BCUT2D eigenvalue weighted by atomic mass is 28.4. The van der Waals surface area contributed by atoms with Gasteiger partial charge < -0.3 is 52.8 Å². The predicted molar refractivity (Wildman–Crippen MR) is 206 cm³/mol. The topological polar surface area (TPSA) is 118 Å². The van der Waals surface area contributed by atoms with Gasteiger partial charge in [-0.2, -0.15) is 0 Å². The van der Waals surface area contributed by atoms with Gasteiger partial charge in [-0.1, -0.05) is 93.6 Å². The lowest BCUT2D eigenvalue weighted by molar-refractivity contribution is -0.0241. The molecule has 290 valence electrons. The van der Waals surface area contributed by atoms with E-state index in [4.69, 9.17) is 52.8 Å². The quantitative estimate of drug-likeness (QED) is 0.0576. The number of hydrogen-bond donors (Lipinski definition) is 1. The van der Waals surface area contributed by atoms with Crippen LogP contribution in [0.25, 0.3) is 0 Å². The lowest BCUT2D eigenvalue weighted by Crippen LogP contribution is -2.66. The van der Waals surface area contributed by atoms with E-state index < -0.39 is 8.32 Å². The van der Waals surface area contributed by atoms with Crippen molar-refractivity contribution in [1.29, 1.82) is 0 Å². The Morgan fingerprint density at radius 1 is 0.404 bits per heavy atom. The van der Waals surface area contributed by atoms with Gasteiger partial charge in [0.25, 0.3) is 8.32 Å². The average Bonchev–Trinajstić information content (AvgIpc) is 3.15. The van der Waals surface area contributed by atoms with Crippen LogP contribution in [0.5, 0.6) is 5.75 Å². The number of rotatable bonds is 31. The molecule has 0 amide bonds. The van der Waals surface area contributed by atoms with Crippen LogP contribution in [0.4, 0.5) is 5.69 Å². The molecule has 0 radical (unpaired) electrons. The summed E-state index contributed by atoms with van der Waals surface area (Å²) in [7, 11) is -2.54. The maximum absolute atomic E-state index is 6.85. The van der Waals surface area contributed by atoms with Gasteiger partial charge in [0, 0.05) is 0 Å². The highest BCUT2D eigenvalue weighted by Gasteiger charge is 2.50. The maximum atomic E-state index is 6.85. The molecule has 12 heteroatoms. The molecule has 0 bridgehead atoms. The zero-order valence-electron chi connectivity index (χ0n) is 31.5. The van der Waals surface area contributed by atoms with Crippen LogP contribution < -0.4 is 20.8 Å². The van der Waals surface area contributed by atoms with E-state index in [2.05, 4.69) is 81.4 Å². The second kappa shape index (κ2) is 26.8. The molecule has 0 unspecified atom stereocenters. The van der Waals surface area contributed by atoms with Crippen LogP contribution in [0.3, 0.4) is 0 Å². The summed E-state index contributed by atoms with van der Waals surface area (Å²) in [5.74, 6) is 0.669. The van der Waals surface area contributed by atoms with Gasteiger partial charge in [0.2, 0.25) is 0 Å². The summed E-state index contributed by atoms with van der Waals surface area (Å²) in [6, 6.07) is 28.7. The van der Waals surface area contributed by atoms with Crippen molar-refractivity contribution in [3.05, 3.63) is 84.9 Å². The van der Waals surface area contributed by atoms with Crippen LogP contribution >= 0.6 is 0 Å². The molecule has 0 fully saturated rings. The molecular weight excluding hydrogens is 683 g/mol. The minimum absolute atomic E-state index is 0.0564. The molecule has 2 N–H and O–H groups in total. The van der Waals surface area contributed by atoms with E-state index >= 15 is 0 Å². The Bertz CT molecular complexity index is 1240. The summed E-state index contributed by atoms with van der Waals surface area (Å²) < 4.78 is 57.1. The average molecular weight is 744 g/mol. The third-order valence-electron chi connectivity index (χ3n) is 7.97. The fourth-order valence-electron chi connectivity index (χ4n) is 5.48. The third kappa shape index (κ3) is 16.8. The van der Waals surface area contributed by atoms with Crippen LogP contribution in [0.2, 0.25) is 5.04 Å². The SMILES string of the molecule is CC(C)(C)[Si](OCCOCCOCCOCCOCCOCCOCCOCCOCCOc1ccccc1N)(c1ccccc1)c1ccccc1. The van der Waals surface area contributed by atoms with Crippen LogP contribution in [0.1, 0.15) is 20.8 Å². The van der Waals surface area contributed by atoms with Gasteiger partial charge in [-0.3, -0.25) is 0 Å². The number of hydrogen-bond acceptors (Lipinski definition) is 11. The summed E-state index contributed by atoms with van der Waals surface area (Å²) in [5, 5.41) is 2.48. The molecule has 0 saturated carbocycles. The van der Waals surface area contributed by atoms with Crippen molar-refractivity contribution in [1.82, 2.24) is 0 Å². The van der Waals surface area contributed by atoms with E-state index in [0.29, 0.717) is 130 Å². The number of nitrogen functional groups attached to an aromatic ring is 1. The molecule has 0 heterocycles. The van der Waals surface area contributed by atoms with Crippen molar-refractivity contribution < 1.29 is 47.1 Å². The van der Waals surface area contributed by atoms with E-state index in [-0.39, 0.29) is 5.04 Å². The van der Waals surface area contributed by atoms with Crippen molar-refractivity contribution >= 4 is 24.4 Å². The molecule has 0 atom stereocenters. The van der Waals surface area contributed by atoms with Crippen LogP contribution in [-0.2, 0) is 42.3 Å². The Labute approximate surface area is 312 Å². The van der Waals surface area contributed by atoms with Gasteiger partial charge in [0.05, 0.1) is 118 Å². The molecule has 0 saturated heterocycles. The van der Waals surface area contributed by atoms with Crippen molar-refractivity contribution in [3.63, 3.8) is 0 Å². The number of anilines is 1. The number of nitrogens with two attached hydrogens (primary N) is 1. The van der Waals surface area contributed by atoms with Crippen LogP contribution in [0.15, 0.2) is 84.9 Å². The second-order valence-corrected chi connectivity index (χ2v) is 17.1. The molecule has 0 aliphatic heterocycles. The maximum Gasteiger partial charge on any atom is 0.261 e. The minimum atomic E-state index is -2.54. The van der Waals surface area contributed by atoms with E-state index in [1.165, 1.54) is 10.4 Å². The fraction of sp³-hybridized carbons (Fsp3) is 0.550. The largest absolute Gasteiger partial charge is 0.489 e. The summed E-state index contributed by atoms with van der Waals surface area (Å²) in [4.78, 5) is 0. The Morgan fingerprint density at radius 2 is 0.712 bits per heavy atom. The third-order valence-corrected chi connectivity index (χ3v) is 13.0. The number of para-hydroxylation sites is 2. The summed E-state index contributed by atoms with van der Waals surface area (Å²) >= 11 is 0.